The molecule has 18 heavy (non-hydrogen) atoms. The maximum atomic E-state index is 5.34. The van der Waals surface area contributed by atoms with Crippen LogP contribution in [-0.4, -0.2) is 4.38 Å². The Bertz CT molecular complexity index is 374. The van der Waals surface area contributed by atoms with E-state index >= 15 is 0 Å². The van der Waals surface area contributed by atoms with Gasteiger partial charge in [0.15, 0.2) is 0 Å². The van der Waals surface area contributed by atoms with E-state index in [9.17, 15) is 0 Å². The van der Waals surface area contributed by atoms with Crippen molar-refractivity contribution in [1.82, 2.24) is 0 Å². The fourth-order valence-corrected chi connectivity index (χ4v) is 1.79. The molecule has 3 heteroatoms. The normalized spacial score (nSPS) is 11.9. The second-order valence-electron chi connectivity index (χ2n) is 3.16. The Labute approximate surface area is 119 Å². The molecule has 0 aromatic carbocycles. The van der Waals surface area contributed by atoms with Crippen LogP contribution in [0.4, 0.5) is 0 Å². The maximum Gasteiger partial charge on any atom is 0.230 e. The van der Waals surface area contributed by atoms with Crippen LogP contribution < -0.4 is 0 Å². The summed E-state index contributed by atoms with van der Waals surface area (Å²) in [6.45, 7) is 11.5. The molecule has 0 N–H and O–H groups in total. The van der Waals surface area contributed by atoms with Crippen molar-refractivity contribution < 1.29 is 4.74 Å². The first-order valence-corrected chi connectivity index (χ1v) is 6.68. The van der Waals surface area contributed by atoms with Crippen LogP contribution >= 0.6 is 24.0 Å². The number of allylic oxidation sites excluding steroid dienone is 8. The van der Waals surface area contributed by atoms with Gasteiger partial charge in [0.25, 0.3) is 0 Å². The molecule has 96 valence electrons. The van der Waals surface area contributed by atoms with Gasteiger partial charge in [-0.1, -0.05) is 49.6 Å². The third kappa shape index (κ3) is 9.87. The lowest BCUT2D eigenvalue weighted by molar-refractivity contribution is 0.461. The monoisotopic (exact) mass is 278 g/mol. The van der Waals surface area contributed by atoms with Gasteiger partial charge in [-0.05, 0) is 50.0 Å². The summed E-state index contributed by atoms with van der Waals surface area (Å²) in [6.07, 6.45) is 15.1. The van der Waals surface area contributed by atoms with Crippen molar-refractivity contribution in [3.8, 4) is 0 Å². The summed E-state index contributed by atoms with van der Waals surface area (Å²) in [7, 11) is 0. The predicted octanol–water partition coefficient (Wildman–Crippen LogP) is 5.31. The quantitative estimate of drug-likeness (QED) is 0.370. The molecule has 0 aliphatic carbocycles. The molecule has 0 heterocycles. The second kappa shape index (κ2) is 10.8. The molecule has 0 saturated heterocycles. The molecule has 0 fully saturated rings. The van der Waals surface area contributed by atoms with Crippen molar-refractivity contribution in [3.05, 3.63) is 72.4 Å². The first-order valence-electron chi connectivity index (χ1n) is 5.46. The molecule has 0 aromatic rings. The molecule has 0 aliphatic heterocycles. The molecule has 0 saturated carbocycles. The molecule has 0 radical (unpaired) electrons. The second-order valence-corrected chi connectivity index (χ2v) is 4.89. The molecule has 0 atom stereocenters. The number of thiocarbonyl (C=S) groups is 1. The Morgan fingerprint density at radius 3 is 2.11 bits per heavy atom. The minimum atomic E-state index is 0.389. The first-order chi connectivity index (χ1) is 8.60. The van der Waals surface area contributed by atoms with Gasteiger partial charge in [-0.3, -0.25) is 0 Å². The predicted molar refractivity (Wildman–Crippen MR) is 87.5 cm³/mol. The lowest BCUT2D eigenvalue weighted by atomic mass is 10.4. The van der Waals surface area contributed by atoms with Crippen LogP contribution in [0.1, 0.15) is 13.8 Å². The van der Waals surface area contributed by atoms with Crippen LogP contribution in [-0.2, 0) is 4.74 Å². The smallest absolute Gasteiger partial charge is 0.230 e. The highest BCUT2D eigenvalue weighted by molar-refractivity contribution is 8.25. The summed E-state index contributed by atoms with van der Waals surface area (Å²) in [4.78, 5) is 0.823. The Hall–Kier alpha value is -1.32. The molecule has 1 nitrogen and oxygen atoms in total. The topological polar surface area (TPSA) is 9.23 Å². The number of hydrogen-bond acceptors (Lipinski definition) is 3. The summed E-state index contributed by atoms with van der Waals surface area (Å²) in [5.74, 6) is 0.510. The third-order valence-electron chi connectivity index (χ3n) is 1.60. The van der Waals surface area contributed by atoms with E-state index in [0.29, 0.717) is 10.1 Å². The fourth-order valence-electron chi connectivity index (χ4n) is 0.851. The molecule has 0 bridgehead atoms. The number of rotatable bonds is 6. The van der Waals surface area contributed by atoms with E-state index in [4.69, 9.17) is 17.0 Å². The van der Waals surface area contributed by atoms with Crippen LogP contribution in [0, 0.1) is 0 Å². The van der Waals surface area contributed by atoms with Gasteiger partial charge in [0.05, 0.1) is 0 Å². The van der Waals surface area contributed by atoms with Crippen molar-refractivity contribution in [2.75, 3.05) is 0 Å². The maximum absolute atomic E-state index is 5.34. The largest absolute Gasteiger partial charge is 0.440 e. The molecule has 0 rings (SSSR count). The van der Waals surface area contributed by atoms with E-state index in [1.807, 2.05) is 56.4 Å². The highest BCUT2D eigenvalue weighted by Gasteiger charge is 2.01. The summed E-state index contributed by atoms with van der Waals surface area (Å²) in [6, 6.07) is 0. The highest BCUT2D eigenvalue weighted by Crippen LogP contribution is 2.19. The highest BCUT2D eigenvalue weighted by atomic mass is 32.2. The van der Waals surface area contributed by atoms with Crippen LogP contribution in [0.2, 0.25) is 0 Å². The van der Waals surface area contributed by atoms with E-state index in [1.165, 1.54) is 11.8 Å². The average molecular weight is 278 g/mol. The minimum absolute atomic E-state index is 0.389. The SMILES string of the molecule is C=C(/C=C\C=C/C)OC(=S)SC(=C)/C=C\C=C/C. The van der Waals surface area contributed by atoms with E-state index in [0.717, 1.165) is 4.91 Å². The van der Waals surface area contributed by atoms with E-state index < -0.39 is 0 Å². The van der Waals surface area contributed by atoms with Crippen LogP contribution in [0.5, 0.6) is 0 Å². The summed E-state index contributed by atoms with van der Waals surface area (Å²) in [5.41, 5.74) is 0. The first kappa shape index (κ1) is 16.7. The number of thioether (sulfide) groups is 1. The van der Waals surface area contributed by atoms with Gasteiger partial charge in [0.2, 0.25) is 4.38 Å². The van der Waals surface area contributed by atoms with Crippen molar-refractivity contribution in [1.29, 1.82) is 0 Å². The summed E-state index contributed by atoms with van der Waals surface area (Å²) in [5, 5.41) is 0. The standard InChI is InChI=1S/C15H18OS2/c1-5-7-9-11-13(3)16-15(17)18-14(4)12-10-8-6-2/h5-12H,3-4H2,1-2H3/b7-5-,8-6-,11-9-,12-10-. The van der Waals surface area contributed by atoms with Gasteiger partial charge in [-0.25, -0.2) is 0 Å². The lowest BCUT2D eigenvalue weighted by Gasteiger charge is -2.05. The number of ether oxygens (including phenoxy) is 1. The van der Waals surface area contributed by atoms with Gasteiger partial charge in [-0.2, -0.15) is 0 Å². The molecule has 0 unspecified atom stereocenters. The molecule has 0 spiro atoms. The van der Waals surface area contributed by atoms with Crippen LogP contribution in [0.25, 0.3) is 0 Å². The molecule has 0 aromatic heterocycles. The third-order valence-corrected chi connectivity index (χ3v) is 2.58. The minimum Gasteiger partial charge on any atom is -0.440 e. The fraction of sp³-hybridized carbons (Fsp3) is 0.133. The van der Waals surface area contributed by atoms with Crippen molar-refractivity contribution in [2.24, 2.45) is 0 Å². The van der Waals surface area contributed by atoms with E-state index in [-0.39, 0.29) is 0 Å². The zero-order chi connectivity index (χ0) is 13.8. The van der Waals surface area contributed by atoms with Gasteiger partial charge in [0, 0.05) is 4.91 Å². The molecule has 0 amide bonds. The van der Waals surface area contributed by atoms with Crippen molar-refractivity contribution in [3.63, 3.8) is 0 Å². The Morgan fingerprint density at radius 1 is 1.00 bits per heavy atom. The summed E-state index contributed by atoms with van der Waals surface area (Å²) >= 11 is 6.38. The Morgan fingerprint density at radius 2 is 1.56 bits per heavy atom. The molecule has 0 aliphatic rings. The van der Waals surface area contributed by atoms with Crippen LogP contribution in [0.3, 0.4) is 0 Å². The van der Waals surface area contributed by atoms with Crippen molar-refractivity contribution >= 4 is 28.4 Å². The molecular weight excluding hydrogens is 260 g/mol. The number of hydrogen-bond donors (Lipinski definition) is 0. The zero-order valence-corrected chi connectivity index (χ0v) is 12.4. The van der Waals surface area contributed by atoms with Gasteiger partial charge in [0.1, 0.15) is 5.76 Å². The van der Waals surface area contributed by atoms with E-state index in [2.05, 4.69) is 13.2 Å². The lowest BCUT2D eigenvalue weighted by Crippen LogP contribution is -1.94. The Balaban J connectivity index is 4.11. The molecular formula is C15H18OS2. The summed E-state index contributed by atoms with van der Waals surface area (Å²) < 4.78 is 5.73. The van der Waals surface area contributed by atoms with Crippen molar-refractivity contribution in [2.45, 2.75) is 13.8 Å². The Kier molecular flexibility index (Phi) is 10.0. The van der Waals surface area contributed by atoms with Gasteiger partial charge < -0.3 is 4.74 Å². The van der Waals surface area contributed by atoms with E-state index in [1.54, 1.807) is 6.08 Å². The van der Waals surface area contributed by atoms with Crippen LogP contribution in [0.15, 0.2) is 72.4 Å². The van der Waals surface area contributed by atoms with Gasteiger partial charge in [-0.15, -0.1) is 0 Å². The van der Waals surface area contributed by atoms with Gasteiger partial charge >= 0.3 is 0 Å². The zero-order valence-electron chi connectivity index (χ0n) is 10.8. The average Bonchev–Trinajstić information content (AvgIpc) is 2.29.